The lowest BCUT2D eigenvalue weighted by Gasteiger charge is -2.12. The Hall–Kier alpha value is -0.290. The lowest BCUT2D eigenvalue weighted by Crippen LogP contribution is -2.12. The van der Waals surface area contributed by atoms with E-state index in [1.54, 1.807) is 7.11 Å². The van der Waals surface area contributed by atoms with Gasteiger partial charge in [0.05, 0.1) is 10.7 Å². The van der Waals surface area contributed by atoms with Crippen LogP contribution in [0.25, 0.3) is 0 Å². The van der Waals surface area contributed by atoms with Gasteiger partial charge < -0.3 is 10.1 Å². The van der Waals surface area contributed by atoms with Crippen molar-refractivity contribution in [2.75, 3.05) is 13.7 Å². The normalized spacial score (nSPS) is 21.1. The summed E-state index contributed by atoms with van der Waals surface area (Å²) >= 11 is 2.29. The zero-order valence-corrected chi connectivity index (χ0v) is 10.4. The molecule has 0 aromatic heterocycles. The lowest BCUT2D eigenvalue weighted by molar-refractivity contribution is 0.410. The van der Waals surface area contributed by atoms with E-state index in [-0.39, 0.29) is 0 Å². The summed E-state index contributed by atoms with van der Waals surface area (Å²) in [5, 5.41) is 3.49. The largest absolute Gasteiger partial charge is 0.496 e. The summed E-state index contributed by atoms with van der Waals surface area (Å²) in [4.78, 5) is 0. The van der Waals surface area contributed by atoms with Crippen molar-refractivity contribution in [1.29, 1.82) is 0 Å². The molecule has 0 bridgehead atoms. The Balaban J connectivity index is 2.25. The van der Waals surface area contributed by atoms with Gasteiger partial charge in [-0.15, -0.1) is 0 Å². The first-order chi connectivity index (χ1) is 6.81. The summed E-state index contributed by atoms with van der Waals surface area (Å²) in [5.74, 6) is 0.983. The molecule has 0 unspecified atom stereocenters. The minimum Gasteiger partial charge on any atom is -0.496 e. The number of nitrogens with one attached hydrogen (secondary N) is 1. The zero-order valence-electron chi connectivity index (χ0n) is 8.22. The molecule has 0 radical (unpaired) electrons. The summed E-state index contributed by atoms with van der Waals surface area (Å²) in [7, 11) is 1.73. The maximum absolute atomic E-state index is 5.31. The fourth-order valence-electron chi connectivity index (χ4n) is 1.86. The Morgan fingerprint density at radius 1 is 1.50 bits per heavy atom. The number of methoxy groups -OCH3 is 1. The average molecular weight is 303 g/mol. The molecule has 1 heterocycles. The fourth-order valence-corrected chi connectivity index (χ4v) is 2.42. The van der Waals surface area contributed by atoms with Crippen LogP contribution in [-0.4, -0.2) is 13.7 Å². The Morgan fingerprint density at radius 2 is 2.36 bits per heavy atom. The summed E-state index contributed by atoms with van der Waals surface area (Å²) in [6.07, 6.45) is 2.52. The standard InChI is InChI=1S/C11H14INO/c1-14-11-7-8(4-5-9(11)12)10-3-2-6-13-10/h4-5,7,10,13H,2-3,6H2,1H3/t10-/m0/s1. The summed E-state index contributed by atoms with van der Waals surface area (Å²) in [6, 6.07) is 6.98. The van der Waals surface area contributed by atoms with Crippen LogP contribution in [0.15, 0.2) is 18.2 Å². The van der Waals surface area contributed by atoms with Crippen molar-refractivity contribution in [3.63, 3.8) is 0 Å². The van der Waals surface area contributed by atoms with Crippen molar-refractivity contribution in [2.45, 2.75) is 18.9 Å². The predicted molar refractivity (Wildman–Crippen MR) is 65.7 cm³/mol. The molecular formula is C11H14INO. The highest BCUT2D eigenvalue weighted by Crippen LogP contribution is 2.28. The lowest BCUT2D eigenvalue weighted by atomic mass is 10.1. The third-order valence-corrected chi connectivity index (χ3v) is 3.53. The van der Waals surface area contributed by atoms with Gasteiger partial charge >= 0.3 is 0 Å². The minimum atomic E-state index is 0.529. The van der Waals surface area contributed by atoms with Gasteiger partial charge in [-0.1, -0.05) is 6.07 Å². The van der Waals surface area contributed by atoms with Crippen LogP contribution < -0.4 is 10.1 Å². The van der Waals surface area contributed by atoms with E-state index in [4.69, 9.17) is 4.74 Å². The molecule has 14 heavy (non-hydrogen) atoms. The fraction of sp³-hybridized carbons (Fsp3) is 0.455. The van der Waals surface area contributed by atoms with Crippen molar-refractivity contribution >= 4 is 22.6 Å². The Labute approximate surface area is 98.2 Å². The quantitative estimate of drug-likeness (QED) is 0.848. The minimum absolute atomic E-state index is 0.529. The van der Waals surface area contributed by atoms with E-state index < -0.39 is 0 Å². The van der Waals surface area contributed by atoms with Gasteiger partial charge in [-0.2, -0.15) is 0 Å². The van der Waals surface area contributed by atoms with Crippen LogP contribution in [0.4, 0.5) is 0 Å². The van der Waals surface area contributed by atoms with Gasteiger partial charge in [0, 0.05) is 6.04 Å². The van der Waals surface area contributed by atoms with Gasteiger partial charge in [-0.05, 0) is 59.7 Å². The number of benzene rings is 1. The Kier molecular flexibility index (Phi) is 3.28. The van der Waals surface area contributed by atoms with Crippen molar-refractivity contribution in [3.8, 4) is 5.75 Å². The van der Waals surface area contributed by atoms with E-state index >= 15 is 0 Å². The topological polar surface area (TPSA) is 21.3 Å². The maximum atomic E-state index is 5.31. The summed E-state index contributed by atoms with van der Waals surface area (Å²) < 4.78 is 6.48. The molecule has 76 valence electrons. The van der Waals surface area contributed by atoms with E-state index in [9.17, 15) is 0 Å². The smallest absolute Gasteiger partial charge is 0.132 e. The second kappa shape index (κ2) is 4.49. The zero-order chi connectivity index (χ0) is 9.97. The van der Waals surface area contributed by atoms with Gasteiger partial charge in [0.25, 0.3) is 0 Å². The predicted octanol–water partition coefficient (Wildman–Crippen LogP) is 2.72. The molecule has 1 aliphatic heterocycles. The van der Waals surface area contributed by atoms with Crippen LogP contribution in [0.1, 0.15) is 24.4 Å². The monoisotopic (exact) mass is 303 g/mol. The molecule has 1 aromatic rings. The van der Waals surface area contributed by atoms with Crippen LogP contribution in [0.5, 0.6) is 5.75 Å². The maximum Gasteiger partial charge on any atom is 0.132 e. The molecule has 0 aliphatic carbocycles. The first-order valence-corrected chi connectivity index (χ1v) is 5.96. The van der Waals surface area contributed by atoms with Crippen LogP contribution in [-0.2, 0) is 0 Å². The second-order valence-electron chi connectivity index (χ2n) is 3.54. The van der Waals surface area contributed by atoms with Gasteiger partial charge in [-0.25, -0.2) is 0 Å². The third kappa shape index (κ3) is 2.03. The molecule has 0 spiro atoms. The highest BCUT2D eigenvalue weighted by molar-refractivity contribution is 14.1. The molecular weight excluding hydrogens is 289 g/mol. The first kappa shape index (κ1) is 10.2. The van der Waals surface area contributed by atoms with Crippen molar-refractivity contribution < 1.29 is 4.74 Å². The molecule has 1 saturated heterocycles. The van der Waals surface area contributed by atoms with E-state index in [0.717, 1.165) is 12.3 Å². The molecule has 0 amide bonds. The molecule has 1 N–H and O–H groups in total. The Bertz CT molecular complexity index is 321. The van der Waals surface area contributed by atoms with Crippen LogP contribution in [0.2, 0.25) is 0 Å². The summed E-state index contributed by atoms with van der Waals surface area (Å²) in [5.41, 5.74) is 1.35. The summed E-state index contributed by atoms with van der Waals surface area (Å²) in [6.45, 7) is 1.14. The first-order valence-electron chi connectivity index (χ1n) is 4.88. The molecule has 0 saturated carbocycles. The van der Waals surface area contributed by atoms with Crippen LogP contribution in [0, 0.1) is 3.57 Å². The van der Waals surface area contributed by atoms with Crippen molar-refractivity contribution in [2.24, 2.45) is 0 Å². The average Bonchev–Trinajstić information content (AvgIpc) is 2.71. The van der Waals surface area contributed by atoms with Gasteiger partial charge in [0.1, 0.15) is 5.75 Å². The number of hydrogen-bond acceptors (Lipinski definition) is 2. The van der Waals surface area contributed by atoms with Crippen LogP contribution >= 0.6 is 22.6 Å². The van der Waals surface area contributed by atoms with Crippen LogP contribution in [0.3, 0.4) is 0 Å². The molecule has 1 atom stereocenters. The van der Waals surface area contributed by atoms with Gasteiger partial charge in [0.15, 0.2) is 0 Å². The molecule has 2 nitrogen and oxygen atoms in total. The van der Waals surface area contributed by atoms with Crippen molar-refractivity contribution in [1.82, 2.24) is 5.32 Å². The third-order valence-electron chi connectivity index (χ3n) is 2.64. The van der Waals surface area contributed by atoms with E-state index in [1.165, 1.54) is 22.0 Å². The molecule has 1 fully saturated rings. The molecule has 3 heteroatoms. The highest BCUT2D eigenvalue weighted by atomic mass is 127. The SMILES string of the molecule is COc1cc([C@@H]2CCCN2)ccc1I. The number of rotatable bonds is 2. The van der Waals surface area contributed by atoms with E-state index in [2.05, 4.69) is 46.1 Å². The number of hydrogen-bond donors (Lipinski definition) is 1. The van der Waals surface area contributed by atoms with Crippen molar-refractivity contribution in [3.05, 3.63) is 27.3 Å². The number of halogens is 1. The van der Waals surface area contributed by atoms with E-state index in [1.807, 2.05) is 0 Å². The highest BCUT2D eigenvalue weighted by Gasteiger charge is 2.16. The molecule has 1 aromatic carbocycles. The van der Waals surface area contributed by atoms with Gasteiger partial charge in [0.2, 0.25) is 0 Å². The second-order valence-corrected chi connectivity index (χ2v) is 4.71. The van der Waals surface area contributed by atoms with Gasteiger partial charge in [-0.3, -0.25) is 0 Å². The Morgan fingerprint density at radius 3 is 3.00 bits per heavy atom. The number of ether oxygens (including phenoxy) is 1. The molecule has 2 rings (SSSR count). The molecule has 1 aliphatic rings. The van der Waals surface area contributed by atoms with E-state index in [0.29, 0.717) is 6.04 Å².